The van der Waals surface area contributed by atoms with E-state index in [1.165, 1.54) is 28.6 Å². The van der Waals surface area contributed by atoms with Gasteiger partial charge < -0.3 is 10.2 Å². The lowest BCUT2D eigenvalue weighted by molar-refractivity contribution is 0.0939. The number of aryl methyl sites for hydroxylation is 1. The molecule has 2 aromatic carbocycles. The molecule has 1 aliphatic heterocycles. The van der Waals surface area contributed by atoms with E-state index in [4.69, 9.17) is 0 Å². The summed E-state index contributed by atoms with van der Waals surface area (Å²) in [5.41, 5.74) is 1.70. The SMILES string of the molecule is Cc1ccc(S(=O)(=O)N2CCN(C)CC2)cc1C(=O)NC(C)c1ccc(S(C)(=O)=O)cc1. The molecule has 1 aliphatic rings. The van der Waals surface area contributed by atoms with E-state index < -0.39 is 31.8 Å². The molecule has 1 amide bonds. The second-order valence-corrected chi connectivity index (χ2v) is 12.2. The van der Waals surface area contributed by atoms with Crippen LogP contribution in [0.3, 0.4) is 0 Å². The number of benzene rings is 2. The van der Waals surface area contributed by atoms with Crippen LogP contribution in [0, 0.1) is 6.92 Å². The highest BCUT2D eigenvalue weighted by Gasteiger charge is 2.28. The van der Waals surface area contributed by atoms with Crippen molar-refractivity contribution in [2.75, 3.05) is 39.5 Å². The lowest BCUT2D eigenvalue weighted by Gasteiger charge is -2.31. The Bertz CT molecular complexity index is 1200. The second kappa shape index (κ2) is 9.30. The van der Waals surface area contributed by atoms with Gasteiger partial charge in [-0.15, -0.1) is 0 Å². The highest BCUT2D eigenvalue weighted by molar-refractivity contribution is 7.90. The lowest BCUT2D eigenvalue weighted by Crippen LogP contribution is -2.47. The summed E-state index contributed by atoms with van der Waals surface area (Å²) in [5, 5.41) is 2.87. The molecular formula is C22H29N3O5S2. The molecule has 1 saturated heterocycles. The number of nitrogens with one attached hydrogen (secondary N) is 1. The summed E-state index contributed by atoms with van der Waals surface area (Å²) in [5.74, 6) is -0.391. The molecule has 0 radical (unpaired) electrons. The lowest BCUT2D eigenvalue weighted by atomic mass is 10.1. The van der Waals surface area contributed by atoms with E-state index in [-0.39, 0.29) is 9.79 Å². The smallest absolute Gasteiger partial charge is 0.252 e. The molecule has 1 N–H and O–H groups in total. The van der Waals surface area contributed by atoms with E-state index in [0.29, 0.717) is 37.3 Å². The molecule has 8 nitrogen and oxygen atoms in total. The van der Waals surface area contributed by atoms with Gasteiger partial charge in [0, 0.05) is 38.0 Å². The monoisotopic (exact) mass is 479 g/mol. The summed E-state index contributed by atoms with van der Waals surface area (Å²) in [4.78, 5) is 15.3. The minimum atomic E-state index is -3.69. The maximum Gasteiger partial charge on any atom is 0.252 e. The van der Waals surface area contributed by atoms with E-state index in [1.54, 1.807) is 32.0 Å². The largest absolute Gasteiger partial charge is 0.346 e. The van der Waals surface area contributed by atoms with Crippen LogP contribution in [-0.2, 0) is 19.9 Å². The van der Waals surface area contributed by atoms with Gasteiger partial charge in [-0.2, -0.15) is 4.31 Å². The molecule has 0 bridgehead atoms. The van der Waals surface area contributed by atoms with Gasteiger partial charge in [-0.3, -0.25) is 4.79 Å². The van der Waals surface area contributed by atoms with Crippen molar-refractivity contribution in [1.82, 2.24) is 14.5 Å². The minimum absolute atomic E-state index is 0.1000. The molecule has 1 fully saturated rings. The normalized spacial score (nSPS) is 17.1. The Kier molecular flexibility index (Phi) is 7.09. The van der Waals surface area contributed by atoms with Crippen molar-refractivity contribution in [3.8, 4) is 0 Å². The molecule has 0 aliphatic carbocycles. The number of rotatable bonds is 6. The van der Waals surface area contributed by atoms with Crippen molar-refractivity contribution in [1.29, 1.82) is 0 Å². The molecule has 1 heterocycles. The third-order valence-corrected chi connectivity index (χ3v) is 8.73. The quantitative estimate of drug-likeness (QED) is 0.678. The van der Waals surface area contributed by atoms with E-state index in [9.17, 15) is 21.6 Å². The Morgan fingerprint density at radius 2 is 1.50 bits per heavy atom. The van der Waals surface area contributed by atoms with Gasteiger partial charge in [-0.25, -0.2) is 16.8 Å². The predicted molar refractivity (Wildman–Crippen MR) is 123 cm³/mol. The zero-order valence-electron chi connectivity index (χ0n) is 18.7. The summed E-state index contributed by atoms with van der Waals surface area (Å²) in [7, 11) is -5.03. The summed E-state index contributed by atoms with van der Waals surface area (Å²) >= 11 is 0. The molecule has 0 spiro atoms. The first-order valence-electron chi connectivity index (χ1n) is 10.3. The maximum absolute atomic E-state index is 13.1. The van der Waals surface area contributed by atoms with Crippen LogP contribution in [0.4, 0.5) is 0 Å². The fourth-order valence-corrected chi connectivity index (χ4v) is 5.62. The third-order valence-electron chi connectivity index (χ3n) is 5.71. The van der Waals surface area contributed by atoms with Crippen LogP contribution < -0.4 is 5.32 Å². The number of sulfone groups is 1. The van der Waals surface area contributed by atoms with Crippen molar-refractivity contribution in [2.45, 2.75) is 29.7 Å². The van der Waals surface area contributed by atoms with Gasteiger partial charge in [-0.1, -0.05) is 18.2 Å². The van der Waals surface area contributed by atoms with Gasteiger partial charge in [-0.05, 0) is 56.3 Å². The van der Waals surface area contributed by atoms with Crippen LogP contribution in [0.15, 0.2) is 52.3 Å². The first kappa shape index (κ1) is 24.4. The van der Waals surface area contributed by atoms with Crippen LogP contribution in [0.5, 0.6) is 0 Å². The number of nitrogens with zero attached hydrogens (tertiary/aromatic N) is 2. The van der Waals surface area contributed by atoms with Crippen LogP contribution >= 0.6 is 0 Å². The zero-order chi connectivity index (χ0) is 23.7. The van der Waals surface area contributed by atoms with Crippen LogP contribution in [0.2, 0.25) is 0 Å². The zero-order valence-corrected chi connectivity index (χ0v) is 20.3. The molecule has 3 rings (SSSR count). The first-order valence-corrected chi connectivity index (χ1v) is 13.6. The summed E-state index contributed by atoms with van der Waals surface area (Å²) in [6.45, 7) is 5.69. The van der Waals surface area contributed by atoms with Gasteiger partial charge in [0.25, 0.3) is 5.91 Å². The fourth-order valence-electron chi connectivity index (χ4n) is 3.55. The standard InChI is InChI=1S/C22H29N3O5S2/c1-16-5-8-20(32(29,30)25-13-11-24(3)12-14-25)15-21(16)22(26)23-17(2)18-6-9-19(10-7-18)31(4,27)28/h5-10,15,17H,11-14H2,1-4H3,(H,23,26). The number of likely N-dealkylation sites (N-methyl/N-ethyl adjacent to an activating group) is 1. The second-order valence-electron chi connectivity index (χ2n) is 8.22. The maximum atomic E-state index is 13.1. The van der Waals surface area contributed by atoms with E-state index in [0.717, 1.165) is 11.8 Å². The molecule has 1 unspecified atom stereocenters. The number of amides is 1. The summed E-state index contributed by atoms with van der Waals surface area (Å²) in [6.07, 6.45) is 1.14. The molecule has 0 aromatic heterocycles. The third kappa shape index (κ3) is 5.37. The molecule has 174 valence electrons. The molecule has 2 aromatic rings. The summed E-state index contributed by atoms with van der Waals surface area (Å²) in [6, 6.07) is 10.5. The Hall–Kier alpha value is -2.27. The summed E-state index contributed by atoms with van der Waals surface area (Å²) < 4.78 is 50.8. The van der Waals surface area contributed by atoms with E-state index in [2.05, 4.69) is 10.2 Å². The van der Waals surface area contributed by atoms with Crippen molar-refractivity contribution in [2.24, 2.45) is 0 Å². The van der Waals surface area contributed by atoms with Crippen LogP contribution in [0.1, 0.15) is 34.5 Å². The van der Waals surface area contributed by atoms with E-state index >= 15 is 0 Å². The van der Waals surface area contributed by atoms with Crippen molar-refractivity contribution in [3.63, 3.8) is 0 Å². The number of carbonyl (C=O) groups excluding carboxylic acids is 1. The van der Waals surface area contributed by atoms with Crippen molar-refractivity contribution in [3.05, 3.63) is 59.2 Å². The minimum Gasteiger partial charge on any atom is -0.346 e. The van der Waals surface area contributed by atoms with Gasteiger partial charge in [0.15, 0.2) is 9.84 Å². The number of piperazine rings is 1. The van der Waals surface area contributed by atoms with Crippen LogP contribution in [-0.4, -0.2) is 71.4 Å². The Morgan fingerprint density at radius 1 is 0.938 bits per heavy atom. The Labute approximate surface area is 190 Å². The highest BCUT2D eigenvalue weighted by Crippen LogP contribution is 2.22. The fraction of sp³-hybridized carbons (Fsp3) is 0.409. The molecule has 10 heteroatoms. The topological polar surface area (TPSA) is 104 Å². The highest BCUT2D eigenvalue weighted by atomic mass is 32.2. The van der Waals surface area contributed by atoms with Gasteiger partial charge in [0.1, 0.15) is 0 Å². The van der Waals surface area contributed by atoms with E-state index in [1.807, 2.05) is 7.05 Å². The Morgan fingerprint density at radius 3 is 2.06 bits per heavy atom. The molecule has 1 atom stereocenters. The first-order chi connectivity index (χ1) is 14.9. The van der Waals surface area contributed by atoms with Gasteiger partial charge in [0.05, 0.1) is 15.8 Å². The molecule has 32 heavy (non-hydrogen) atoms. The number of carbonyl (C=O) groups is 1. The van der Waals surface area contributed by atoms with Gasteiger partial charge >= 0.3 is 0 Å². The average molecular weight is 480 g/mol. The van der Waals surface area contributed by atoms with Crippen molar-refractivity contribution >= 4 is 25.8 Å². The molecule has 0 saturated carbocycles. The number of hydrogen-bond donors (Lipinski definition) is 1. The molecular weight excluding hydrogens is 450 g/mol. The average Bonchev–Trinajstić information content (AvgIpc) is 2.73. The van der Waals surface area contributed by atoms with Gasteiger partial charge in [0.2, 0.25) is 10.0 Å². The predicted octanol–water partition coefficient (Wildman–Crippen LogP) is 1.83. The van der Waals surface area contributed by atoms with Crippen LogP contribution in [0.25, 0.3) is 0 Å². The Balaban J connectivity index is 1.79. The number of sulfonamides is 1. The number of hydrogen-bond acceptors (Lipinski definition) is 6. The van der Waals surface area contributed by atoms with Crippen molar-refractivity contribution < 1.29 is 21.6 Å².